The molecule has 1 heterocycles. The molecule has 0 spiro atoms. The fourth-order valence-corrected chi connectivity index (χ4v) is 4.39. The number of hydrogen-bond acceptors (Lipinski definition) is 6. The van der Waals surface area contributed by atoms with Crippen molar-refractivity contribution in [2.45, 2.75) is 36.9 Å². The zero-order valence-corrected chi connectivity index (χ0v) is 18.2. The number of sulfonamides is 1. The SMILES string of the molecule is C[C@H](O)[C@H](NS(=O)(=O)c1ccc(Cl)cc1)C(=O)OCCCn1c(=O)[nH]c2ccccc21. The third kappa shape index (κ3) is 5.53. The van der Waals surface area contributed by atoms with Gasteiger partial charge in [-0.25, -0.2) is 13.2 Å². The van der Waals surface area contributed by atoms with Gasteiger partial charge in [-0.05, 0) is 49.7 Å². The molecule has 9 nitrogen and oxygen atoms in total. The van der Waals surface area contributed by atoms with Gasteiger partial charge in [-0.1, -0.05) is 23.7 Å². The summed E-state index contributed by atoms with van der Waals surface area (Å²) in [5, 5.41) is 10.3. The van der Waals surface area contributed by atoms with Crippen LogP contribution in [0, 0.1) is 0 Å². The molecule has 31 heavy (non-hydrogen) atoms. The molecule has 3 N–H and O–H groups in total. The van der Waals surface area contributed by atoms with Crippen molar-refractivity contribution in [2.75, 3.05) is 6.61 Å². The monoisotopic (exact) mass is 467 g/mol. The van der Waals surface area contributed by atoms with Crippen molar-refractivity contribution in [1.82, 2.24) is 14.3 Å². The molecule has 1 aromatic heterocycles. The summed E-state index contributed by atoms with van der Waals surface area (Å²) < 4.78 is 33.8. The summed E-state index contributed by atoms with van der Waals surface area (Å²) in [5.41, 5.74) is 1.16. The van der Waals surface area contributed by atoms with Crippen LogP contribution in [-0.2, 0) is 26.1 Å². The van der Waals surface area contributed by atoms with Crippen LogP contribution in [0.3, 0.4) is 0 Å². The van der Waals surface area contributed by atoms with Gasteiger partial charge in [0.2, 0.25) is 10.0 Å². The fourth-order valence-electron chi connectivity index (χ4n) is 3.01. The summed E-state index contributed by atoms with van der Waals surface area (Å²) in [6.45, 7) is 1.52. The normalized spacial score (nSPS) is 13.8. The maximum Gasteiger partial charge on any atom is 0.326 e. The number of halogens is 1. The first-order valence-electron chi connectivity index (χ1n) is 9.49. The summed E-state index contributed by atoms with van der Waals surface area (Å²) in [5.74, 6) is -0.918. The number of esters is 1. The maximum absolute atomic E-state index is 12.5. The minimum atomic E-state index is -4.08. The first kappa shape index (κ1) is 23.0. The van der Waals surface area contributed by atoms with Gasteiger partial charge in [0.1, 0.15) is 6.04 Å². The fraction of sp³-hybridized carbons (Fsp3) is 0.300. The van der Waals surface area contributed by atoms with Crippen molar-refractivity contribution in [3.63, 3.8) is 0 Å². The number of nitrogens with one attached hydrogen (secondary N) is 2. The van der Waals surface area contributed by atoms with Crippen molar-refractivity contribution in [3.8, 4) is 0 Å². The number of imidazole rings is 1. The van der Waals surface area contributed by atoms with E-state index in [2.05, 4.69) is 9.71 Å². The highest BCUT2D eigenvalue weighted by molar-refractivity contribution is 7.89. The number of aliphatic hydroxyl groups excluding tert-OH is 1. The van der Waals surface area contributed by atoms with Crippen molar-refractivity contribution in [3.05, 3.63) is 64.0 Å². The van der Waals surface area contributed by atoms with E-state index < -0.39 is 28.1 Å². The predicted octanol–water partition coefficient (Wildman–Crippen LogP) is 1.64. The van der Waals surface area contributed by atoms with E-state index in [0.29, 0.717) is 23.5 Å². The molecule has 0 aliphatic heterocycles. The second kappa shape index (κ2) is 9.65. The van der Waals surface area contributed by atoms with Gasteiger partial charge < -0.3 is 14.8 Å². The van der Waals surface area contributed by atoms with E-state index in [1.54, 1.807) is 12.1 Å². The number of nitrogens with zero attached hydrogens (tertiary/aromatic N) is 1. The minimum absolute atomic E-state index is 0.0589. The molecule has 0 fully saturated rings. The highest BCUT2D eigenvalue weighted by Crippen LogP contribution is 2.15. The highest BCUT2D eigenvalue weighted by Gasteiger charge is 2.30. The molecule has 0 aliphatic carbocycles. The third-order valence-corrected chi connectivity index (χ3v) is 6.30. The molecule has 2 atom stereocenters. The van der Waals surface area contributed by atoms with Gasteiger partial charge in [0.25, 0.3) is 0 Å². The lowest BCUT2D eigenvalue weighted by atomic mass is 10.2. The Kier molecular flexibility index (Phi) is 7.16. The first-order valence-corrected chi connectivity index (χ1v) is 11.4. The minimum Gasteiger partial charge on any atom is -0.464 e. The summed E-state index contributed by atoms with van der Waals surface area (Å²) in [7, 11) is -4.08. The van der Waals surface area contributed by atoms with Crippen LogP contribution in [0.25, 0.3) is 11.0 Å². The molecule has 2 aromatic carbocycles. The molecule has 0 aliphatic rings. The number of hydrogen-bond donors (Lipinski definition) is 3. The predicted molar refractivity (Wildman–Crippen MR) is 115 cm³/mol. The van der Waals surface area contributed by atoms with Crippen LogP contribution in [0.1, 0.15) is 13.3 Å². The Morgan fingerprint density at radius 2 is 1.90 bits per heavy atom. The number of fused-ring (bicyclic) bond motifs is 1. The number of para-hydroxylation sites is 2. The number of carbonyl (C=O) groups excluding carboxylic acids is 1. The number of benzene rings is 2. The zero-order chi connectivity index (χ0) is 22.6. The Morgan fingerprint density at radius 3 is 2.58 bits per heavy atom. The number of aryl methyl sites for hydroxylation is 1. The molecule has 3 aromatic rings. The molecule has 0 bridgehead atoms. The van der Waals surface area contributed by atoms with Crippen molar-refractivity contribution in [1.29, 1.82) is 0 Å². The number of aliphatic hydroxyl groups is 1. The molecular formula is C20H22ClN3O6S. The number of carbonyl (C=O) groups is 1. The Balaban J connectivity index is 1.60. The topological polar surface area (TPSA) is 130 Å². The van der Waals surface area contributed by atoms with E-state index in [1.807, 2.05) is 12.1 Å². The van der Waals surface area contributed by atoms with Crippen LogP contribution >= 0.6 is 11.6 Å². The Morgan fingerprint density at radius 1 is 1.23 bits per heavy atom. The lowest BCUT2D eigenvalue weighted by Gasteiger charge is -2.20. The largest absolute Gasteiger partial charge is 0.464 e. The van der Waals surface area contributed by atoms with Crippen LogP contribution in [-0.4, -0.2) is 47.8 Å². The van der Waals surface area contributed by atoms with Gasteiger partial charge >= 0.3 is 11.7 Å². The molecule has 0 amide bonds. The Hall–Kier alpha value is -2.66. The summed E-state index contributed by atoms with van der Waals surface area (Å²) in [6, 6.07) is 11.1. The average molecular weight is 468 g/mol. The van der Waals surface area contributed by atoms with Crippen molar-refractivity contribution >= 4 is 38.6 Å². The molecule has 11 heteroatoms. The molecule has 0 saturated heterocycles. The van der Waals surface area contributed by atoms with E-state index in [9.17, 15) is 23.1 Å². The Labute approximate surface area is 183 Å². The summed E-state index contributed by atoms with van der Waals surface area (Å²) in [4.78, 5) is 27.1. The van der Waals surface area contributed by atoms with Crippen LogP contribution in [0.15, 0.2) is 58.2 Å². The van der Waals surface area contributed by atoms with E-state index in [4.69, 9.17) is 16.3 Å². The van der Waals surface area contributed by atoms with E-state index in [0.717, 1.165) is 5.52 Å². The van der Waals surface area contributed by atoms with Gasteiger partial charge in [-0.15, -0.1) is 0 Å². The second-order valence-electron chi connectivity index (χ2n) is 6.91. The van der Waals surface area contributed by atoms with Crippen LogP contribution in [0.4, 0.5) is 0 Å². The highest BCUT2D eigenvalue weighted by atomic mass is 35.5. The van der Waals surface area contributed by atoms with Gasteiger partial charge in [0.05, 0.1) is 28.6 Å². The third-order valence-electron chi connectivity index (χ3n) is 4.59. The number of rotatable bonds is 9. The quantitative estimate of drug-likeness (QED) is 0.324. The van der Waals surface area contributed by atoms with Gasteiger partial charge in [0.15, 0.2) is 0 Å². The van der Waals surface area contributed by atoms with Crippen LogP contribution in [0.2, 0.25) is 5.02 Å². The molecule has 3 rings (SSSR count). The van der Waals surface area contributed by atoms with E-state index in [1.165, 1.54) is 35.8 Å². The van der Waals surface area contributed by atoms with E-state index >= 15 is 0 Å². The van der Waals surface area contributed by atoms with Crippen molar-refractivity contribution < 1.29 is 23.1 Å². The summed E-state index contributed by atoms with van der Waals surface area (Å²) in [6.07, 6.45) is -1.00. The van der Waals surface area contributed by atoms with Crippen LogP contribution < -0.4 is 10.4 Å². The maximum atomic E-state index is 12.5. The van der Waals surface area contributed by atoms with Gasteiger partial charge in [-0.3, -0.25) is 9.36 Å². The number of H-pyrrole nitrogens is 1. The number of ether oxygens (including phenoxy) is 1. The molecule has 0 saturated carbocycles. The van der Waals surface area contributed by atoms with Gasteiger partial charge in [-0.2, -0.15) is 4.72 Å². The molecule has 0 unspecified atom stereocenters. The van der Waals surface area contributed by atoms with E-state index in [-0.39, 0.29) is 17.2 Å². The lowest BCUT2D eigenvalue weighted by molar-refractivity contribution is -0.148. The van der Waals surface area contributed by atoms with Gasteiger partial charge in [0, 0.05) is 11.6 Å². The number of aromatic amines is 1. The average Bonchev–Trinajstić information content (AvgIpc) is 3.04. The van der Waals surface area contributed by atoms with Crippen LogP contribution in [0.5, 0.6) is 0 Å². The van der Waals surface area contributed by atoms with Crippen molar-refractivity contribution in [2.24, 2.45) is 0 Å². The second-order valence-corrected chi connectivity index (χ2v) is 9.06. The standard InChI is InChI=1S/C20H22ClN3O6S/c1-13(25)18(23-31(28,29)15-9-7-14(21)8-10-15)19(26)30-12-4-11-24-17-6-3-2-5-16(17)22-20(24)27/h2-3,5-10,13,18,23,25H,4,11-12H2,1H3,(H,22,27)/t13-,18-/m0/s1. The number of aromatic nitrogens is 2. The first-order chi connectivity index (χ1) is 14.7. The molecule has 0 radical (unpaired) electrons. The molecule has 166 valence electrons. The summed E-state index contributed by atoms with van der Waals surface area (Å²) >= 11 is 5.77. The zero-order valence-electron chi connectivity index (χ0n) is 16.6. The Bertz CT molecular complexity index is 1220. The smallest absolute Gasteiger partial charge is 0.326 e. The molecular weight excluding hydrogens is 446 g/mol. The lowest BCUT2D eigenvalue weighted by Crippen LogP contribution is -2.48.